The fourth-order valence-corrected chi connectivity index (χ4v) is 3.30. The van der Waals surface area contributed by atoms with Crippen LogP contribution in [0.2, 0.25) is 0 Å². The van der Waals surface area contributed by atoms with E-state index in [2.05, 4.69) is 10.1 Å². The Balaban J connectivity index is 0.000000450. The number of carbonyl (C=O) groups excluding carboxylic acids is 4. The third-order valence-electron chi connectivity index (χ3n) is 4.93. The maximum Gasteiger partial charge on any atom is 0.305 e. The lowest BCUT2D eigenvalue weighted by molar-refractivity contribution is -0.256. The molecule has 14 nitrogen and oxygen atoms in total. The fourth-order valence-electron chi connectivity index (χ4n) is 3.30. The van der Waals surface area contributed by atoms with Gasteiger partial charge in [-0.05, 0) is 0 Å². The van der Waals surface area contributed by atoms with E-state index in [1.54, 1.807) is 0 Å². The van der Waals surface area contributed by atoms with E-state index >= 15 is 0 Å². The van der Waals surface area contributed by atoms with Crippen molar-refractivity contribution in [3.05, 3.63) is 0 Å². The van der Waals surface area contributed by atoms with E-state index < -0.39 is 98.5 Å². The number of hydrogen-bond acceptors (Lipinski definition) is 13. The predicted octanol–water partition coefficient (Wildman–Crippen LogP) is -2.67. The molecule has 2 aliphatic heterocycles. The first-order chi connectivity index (χ1) is 16.7. The van der Waals surface area contributed by atoms with E-state index in [0.29, 0.717) is 0 Å². The lowest BCUT2D eigenvalue weighted by atomic mass is 9.97. The van der Waals surface area contributed by atoms with Crippen LogP contribution in [0.3, 0.4) is 0 Å². The van der Waals surface area contributed by atoms with Crippen LogP contribution in [0.4, 0.5) is 8.78 Å². The average Bonchev–Trinajstić information content (AvgIpc) is 2.77. The quantitative estimate of drug-likeness (QED) is 0.175. The normalized spacial score (nSPS) is 35.9. The van der Waals surface area contributed by atoms with E-state index in [4.69, 9.17) is 40.0 Å². The summed E-state index contributed by atoms with van der Waals surface area (Å²) in [5.74, 6) is -2.78. The highest BCUT2D eigenvalue weighted by Crippen LogP contribution is 2.27. The fraction of sp³-hybridized carbons (Fsp3) is 0.800. The summed E-state index contributed by atoms with van der Waals surface area (Å²) in [7, 11) is 0. The second-order valence-electron chi connectivity index (χ2n) is 7.96. The topological polar surface area (TPSA) is 213 Å². The molecule has 0 aliphatic carbocycles. The van der Waals surface area contributed by atoms with Crippen LogP contribution in [0.15, 0.2) is 0 Å². The Morgan fingerprint density at radius 1 is 0.917 bits per heavy atom. The molecule has 6 N–H and O–H groups in total. The zero-order valence-corrected chi connectivity index (χ0v) is 20.0. The Hall–Kier alpha value is -2.50. The zero-order chi connectivity index (χ0) is 27.7. The van der Waals surface area contributed by atoms with Gasteiger partial charge in [-0.25, -0.2) is 8.78 Å². The van der Waals surface area contributed by atoms with Crippen molar-refractivity contribution >= 4 is 23.8 Å². The van der Waals surface area contributed by atoms with Crippen LogP contribution in [-0.4, -0.2) is 114 Å². The van der Waals surface area contributed by atoms with Crippen molar-refractivity contribution in [2.75, 3.05) is 13.2 Å². The van der Waals surface area contributed by atoms with Gasteiger partial charge < -0.3 is 50.1 Å². The molecule has 208 valence electrons. The molecule has 36 heavy (non-hydrogen) atoms. The van der Waals surface area contributed by atoms with Crippen LogP contribution >= 0.6 is 0 Å². The van der Waals surface area contributed by atoms with Crippen molar-refractivity contribution in [3.63, 3.8) is 0 Å². The van der Waals surface area contributed by atoms with Gasteiger partial charge in [0.15, 0.2) is 24.7 Å². The van der Waals surface area contributed by atoms with E-state index in [1.165, 1.54) is 0 Å². The van der Waals surface area contributed by atoms with Gasteiger partial charge in [-0.3, -0.25) is 19.2 Å². The molecule has 0 aromatic rings. The van der Waals surface area contributed by atoms with Crippen molar-refractivity contribution < 1.29 is 67.0 Å². The van der Waals surface area contributed by atoms with E-state index in [0.717, 1.165) is 27.7 Å². The Labute approximate surface area is 204 Å². The van der Waals surface area contributed by atoms with Crippen LogP contribution in [0.1, 0.15) is 27.7 Å². The van der Waals surface area contributed by atoms with E-state index in [-0.39, 0.29) is 0 Å². The van der Waals surface area contributed by atoms with Gasteiger partial charge >= 0.3 is 17.9 Å². The number of esters is 3. The van der Waals surface area contributed by atoms with Gasteiger partial charge in [0.1, 0.15) is 31.0 Å². The minimum atomic E-state index is -1.92. The van der Waals surface area contributed by atoms with Crippen molar-refractivity contribution in [3.8, 4) is 0 Å². The Bertz CT molecular complexity index is 770. The molecule has 10 atom stereocenters. The van der Waals surface area contributed by atoms with Crippen molar-refractivity contribution in [2.45, 2.75) is 89.1 Å². The number of nitrogens with one attached hydrogen (secondary N) is 1. The number of halogens is 2. The first-order valence-corrected chi connectivity index (χ1v) is 10.8. The van der Waals surface area contributed by atoms with Crippen LogP contribution in [0.5, 0.6) is 0 Å². The molecule has 0 spiro atoms. The number of carbonyl (C=O) groups is 4. The highest BCUT2D eigenvalue weighted by atomic mass is 19.1. The number of rotatable bonds is 6. The smallest absolute Gasteiger partial charge is 0.305 e. The maximum atomic E-state index is 14.6. The Kier molecular flexibility index (Phi) is 12.5. The van der Waals surface area contributed by atoms with Crippen molar-refractivity contribution in [1.82, 2.24) is 5.32 Å². The molecule has 2 rings (SSSR count). The first kappa shape index (κ1) is 31.5. The third-order valence-corrected chi connectivity index (χ3v) is 4.93. The molecule has 2 fully saturated rings. The molecular weight excluding hydrogens is 498 g/mol. The highest BCUT2D eigenvalue weighted by Gasteiger charge is 2.50. The number of alkyl halides is 2. The zero-order valence-electron chi connectivity index (χ0n) is 20.0. The summed E-state index contributed by atoms with van der Waals surface area (Å²) in [4.78, 5) is 44.7. The second-order valence-corrected chi connectivity index (χ2v) is 7.96. The molecule has 2 heterocycles. The van der Waals surface area contributed by atoms with Gasteiger partial charge in [0.25, 0.3) is 0 Å². The summed E-state index contributed by atoms with van der Waals surface area (Å²) in [6.45, 7) is 3.38. The Morgan fingerprint density at radius 2 is 1.50 bits per heavy atom. The van der Waals surface area contributed by atoms with Gasteiger partial charge in [0.2, 0.25) is 12.2 Å². The predicted molar refractivity (Wildman–Crippen MR) is 112 cm³/mol. The summed E-state index contributed by atoms with van der Waals surface area (Å²) >= 11 is 0. The lowest BCUT2D eigenvalue weighted by Gasteiger charge is -2.42. The van der Waals surface area contributed by atoms with E-state index in [9.17, 15) is 28.0 Å². The second kappa shape index (κ2) is 14.3. The van der Waals surface area contributed by atoms with Gasteiger partial charge in [-0.2, -0.15) is 0 Å². The van der Waals surface area contributed by atoms with Crippen molar-refractivity contribution in [2.24, 2.45) is 5.73 Å². The minimum absolute atomic E-state index is 0.473. The van der Waals surface area contributed by atoms with E-state index in [1.807, 2.05) is 0 Å². The summed E-state index contributed by atoms with van der Waals surface area (Å²) in [5.41, 5.74) is 5.18. The minimum Gasteiger partial charge on any atom is -0.463 e. The molecule has 16 heteroatoms. The molecule has 2 unspecified atom stereocenters. The molecule has 0 aromatic heterocycles. The summed E-state index contributed by atoms with van der Waals surface area (Å²) < 4.78 is 52.0. The van der Waals surface area contributed by atoms with Gasteiger partial charge in [-0.1, -0.05) is 0 Å². The van der Waals surface area contributed by atoms with Crippen LogP contribution in [0, 0.1) is 0 Å². The van der Waals surface area contributed by atoms with Gasteiger partial charge in [0, 0.05) is 27.7 Å². The molecule has 0 bridgehead atoms. The largest absolute Gasteiger partial charge is 0.463 e. The van der Waals surface area contributed by atoms with Gasteiger partial charge in [-0.15, -0.1) is 0 Å². The highest BCUT2D eigenvalue weighted by molar-refractivity contribution is 5.74. The lowest BCUT2D eigenvalue weighted by Crippen LogP contribution is -2.64. The number of ether oxygens (including phenoxy) is 5. The average molecular weight is 530 g/mol. The van der Waals surface area contributed by atoms with Crippen LogP contribution in [0.25, 0.3) is 0 Å². The first-order valence-electron chi connectivity index (χ1n) is 10.8. The molecular formula is C20H32F2N2O12. The number of aliphatic hydroxyl groups excluding tert-OH is 3. The molecule has 2 saturated heterocycles. The standard InChI is InChI=1S/C14H20FNO8.C6H12FNO4/c1-6(17)16-12-13(22-8(3)19)11(15)10(5-21-7(2)18)24-14(12)23-9(4)20;7-3-2(1-9)12-6(11)4(8)5(3)10/h10-14H,5H2,1-4H3,(H,16,17);2-6,9-11H,1,8H2/t10-,11-,12-,13+,14?;2-,3-,4-,5+,6?/m11/s1. The monoisotopic (exact) mass is 530 g/mol. The molecule has 1 amide bonds. The summed E-state index contributed by atoms with van der Waals surface area (Å²) in [6, 6.07) is -2.42. The molecule has 2 aliphatic rings. The van der Waals surface area contributed by atoms with Crippen molar-refractivity contribution in [1.29, 1.82) is 0 Å². The van der Waals surface area contributed by atoms with Crippen LogP contribution < -0.4 is 11.1 Å². The maximum absolute atomic E-state index is 14.6. The SMILES string of the molecule is CC(=O)N[C@H]1C(OC(C)=O)O[C@H](COC(C)=O)[C@@H](F)[C@@H]1OC(C)=O.N[C@H]1C(O)O[C@H](CO)[C@@H](F)[C@@H]1O. The van der Waals surface area contributed by atoms with Gasteiger partial charge in [0.05, 0.1) is 12.6 Å². The third kappa shape index (κ3) is 9.18. The number of aliphatic hydroxyl groups is 3. The molecule has 0 saturated carbocycles. The molecule has 0 aromatic carbocycles. The molecule has 0 radical (unpaired) electrons. The summed E-state index contributed by atoms with van der Waals surface area (Å²) in [6.07, 6.45) is -12.0. The summed E-state index contributed by atoms with van der Waals surface area (Å²) in [5, 5.41) is 28.9. The number of nitrogens with two attached hydrogens (primary N) is 1. The number of hydrogen-bond donors (Lipinski definition) is 5. The number of amides is 1. The van der Waals surface area contributed by atoms with Crippen LogP contribution in [-0.2, 0) is 42.9 Å². The Morgan fingerprint density at radius 3 is 1.97 bits per heavy atom.